The average molecular weight is 1730 g/mol. The molecule has 122 heavy (non-hydrogen) atoms. The summed E-state index contributed by atoms with van der Waals surface area (Å²) in [5.74, 6) is -15.4. The first kappa shape index (κ1) is 99.8. The topological polar surface area (TPSA) is 710 Å². The van der Waals surface area contributed by atoms with Crippen LogP contribution in [0.3, 0.4) is 0 Å². The number of para-hydroxylation sites is 1. The number of benzene rings is 2. The maximum Gasteiger partial charge on any atom is 0.243 e. The minimum atomic E-state index is -1.62. The molecule has 30 N–H and O–H groups in total. The van der Waals surface area contributed by atoms with Gasteiger partial charge in [0, 0.05) is 61.9 Å². The van der Waals surface area contributed by atoms with E-state index in [1.165, 1.54) is 31.2 Å². The van der Waals surface area contributed by atoms with Gasteiger partial charge in [-0.15, -0.1) is 0 Å². The molecule has 0 aliphatic carbocycles. The van der Waals surface area contributed by atoms with Gasteiger partial charge >= 0.3 is 0 Å². The number of nitrogens with zero attached hydrogens (tertiary/aromatic N) is 1. The molecule has 4 aromatic rings. The van der Waals surface area contributed by atoms with Crippen molar-refractivity contribution < 1.29 is 86.3 Å². The van der Waals surface area contributed by atoms with Crippen molar-refractivity contribution in [1.29, 1.82) is 5.41 Å². The predicted octanol–water partition coefficient (Wildman–Crippen LogP) is -7.67. The molecule has 0 unspecified atom stereocenters. The second-order valence-corrected chi connectivity index (χ2v) is 30.2. The normalized spacial score (nSPS) is 14.6. The van der Waals surface area contributed by atoms with Crippen LogP contribution in [0.5, 0.6) is 0 Å². The van der Waals surface area contributed by atoms with E-state index in [0.29, 0.717) is 65.7 Å². The minimum absolute atomic E-state index is 0.0267. The van der Waals surface area contributed by atoms with Gasteiger partial charge in [-0.25, -0.2) is 4.98 Å². The van der Waals surface area contributed by atoms with E-state index in [1.807, 2.05) is 6.26 Å². The van der Waals surface area contributed by atoms with Crippen molar-refractivity contribution in [1.82, 2.24) is 105 Å². The fourth-order valence-electron chi connectivity index (χ4n) is 12.5. The summed E-state index contributed by atoms with van der Waals surface area (Å²) in [4.78, 5) is 252. The molecule has 0 spiro atoms. The number of rotatable bonds is 56. The number of unbranched alkanes of at least 4 members (excludes halogenated alkanes) is 2. The standard InChI is InChI=1S/C77H116N26O18S/c1-42(2)65(76(121)91-40-64(110)97-57(33-46-35-84-41-92-46)75(120)101-55(31-44-15-6-5-7-16-44)74(119)98-49(66(81)111)26-30-122-4)103-67(112)43(3)93-73(118)56(32-45-34-86-48-18-9-8-17-47(45)48)102-72(117)53(22-24-58(80)104)96-63(109)39-88-60(106)36-89-68(113)50(21-14-29-85-77(82)83)95-62(108)38-87-61(107)37-90-69(114)51(19-10-12-27-78)99-70(115)52(20-11-13-28-79)100-71(116)54-23-25-59(105)94-54/h5-9,15-18,34-35,41-43,49-57,65,86H,10-14,19-33,36-40,78-79H2,1-4H3,(H2,80,104)(H2,81,111)(H,84,92)(H,87,107)(H,88,106)(H,89,113)(H,90,114)(H,91,121)(H,93,118)(H,94,105)(H,95,108)(H,96,109)(H,97,110)(H,98,119)(H,99,115)(H,100,116)(H,101,120)(H,102,117)(H,103,112)(H4,82,83,85)/t43-,49-,50-,51-,52-,53-,54-,55-,56-,57-,65-/m0/s1. The van der Waals surface area contributed by atoms with E-state index in [1.54, 1.807) is 74.6 Å². The van der Waals surface area contributed by atoms with Crippen molar-refractivity contribution in [3.05, 3.63) is 90.1 Å². The third-order valence-corrected chi connectivity index (χ3v) is 19.8. The third-order valence-electron chi connectivity index (χ3n) is 19.1. The van der Waals surface area contributed by atoms with E-state index in [-0.39, 0.29) is 83.2 Å². The van der Waals surface area contributed by atoms with Crippen molar-refractivity contribution in [3.8, 4) is 0 Å². The van der Waals surface area contributed by atoms with Gasteiger partial charge in [-0.1, -0.05) is 62.4 Å². The van der Waals surface area contributed by atoms with Crippen LogP contribution in [-0.2, 0) is 106 Å². The highest BCUT2D eigenvalue weighted by molar-refractivity contribution is 7.98. The van der Waals surface area contributed by atoms with E-state index < -0.39 is 224 Å². The number of carbonyl (C=O) groups excluding carboxylic acids is 18. The van der Waals surface area contributed by atoms with E-state index in [2.05, 4.69) is 105 Å². The predicted molar refractivity (Wildman–Crippen MR) is 446 cm³/mol. The lowest BCUT2D eigenvalue weighted by molar-refractivity contribution is -0.135. The number of fused-ring (bicyclic) bond motifs is 1. The number of carbonyl (C=O) groups is 18. The van der Waals surface area contributed by atoms with Crippen molar-refractivity contribution in [2.75, 3.05) is 64.4 Å². The van der Waals surface area contributed by atoms with Gasteiger partial charge in [0.15, 0.2) is 5.96 Å². The number of nitrogens with two attached hydrogens (primary N) is 5. The summed E-state index contributed by atoms with van der Waals surface area (Å²) in [6.45, 7) is 1.32. The lowest BCUT2D eigenvalue weighted by atomic mass is 10.0. The molecule has 11 atom stereocenters. The number of hydrogen-bond donors (Lipinski definition) is 25. The Hall–Kier alpha value is -12.8. The van der Waals surface area contributed by atoms with Crippen LogP contribution < -0.4 is 119 Å². The number of imidazole rings is 1. The molecule has 2 aromatic carbocycles. The van der Waals surface area contributed by atoms with Crippen LogP contribution in [0, 0.1) is 11.3 Å². The molecular weight excluding hydrogens is 1610 g/mol. The minimum Gasteiger partial charge on any atom is -0.370 e. The number of aromatic amines is 2. The molecule has 3 heterocycles. The van der Waals surface area contributed by atoms with Crippen LogP contribution in [0.2, 0.25) is 0 Å². The highest BCUT2D eigenvalue weighted by Crippen LogP contribution is 2.20. The summed E-state index contributed by atoms with van der Waals surface area (Å²) in [5.41, 5.74) is 30.0. The molecule has 1 fully saturated rings. The quantitative estimate of drug-likeness (QED) is 0.0111. The maximum atomic E-state index is 14.5. The SMILES string of the molecule is CSCC[C@H](NC(=O)[C@H](Cc1ccccc1)NC(=O)[C@H](Cc1c[nH]cn1)NC(=O)CNC(=O)[C@@H](NC(=O)[C@H](C)NC(=O)[C@H](Cc1c[nH]c2ccccc12)NC(=O)[C@H](CCC(N)=O)NC(=O)CNC(=O)CNC(=O)[C@H](CCCNC(=N)N)NC(=O)CNC(=O)CNC(=O)[C@H](CCCCN)NC(=O)[C@H](CCCCN)NC(=O)[C@@H]1CCC(=O)N1)C(C)C)C(N)=O. The second kappa shape index (κ2) is 53.0. The average Bonchev–Trinajstić information content (AvgIpc) is 1.64. The summed E-state index contributed by atoms with van der Waals surface area (Å²) < 4.78 is 0. The third kappa shape index (κ3) is 36.4. The molecule has 2 aromatic heterocycles. The lowest BCUT2D eigenvalue weighted by Gasteiger charge is -2.26. The Morgan fingerprint density at radius 3 is 1.52 bits per heavy atom. The molecule has 1 aliphatic rings. The Bertz CT molecular complexity index is 4250. The van der Waals surface area contributed by atoms with Gasteiger partial charge in [0.05, 0.1) is 44.7 Å². The maximum absolute atomic E-state index is 14.5. The van der Waals surface area contributed by atoms with Crippen molar-refractivity contribution >= 4 is 135 Å². The number of nitrogens with one attached hydrogen (secondary N) is 20. The zero-order chi connectivity index (χ0) is 89.8. The fraction of sp³-hybridized carbons (Fsp3) is 0.532. The summed E-state index contributed by atoms with van der Waals surface area (Å²) >= 11 is 1.43. The van der Waals surface area contributed by atoms with Crippen molar-refractivity contribution in [3.63, 3.8) is 0 Å². The number of aromatic nitrogens is 3. The van der Waals surface area contributed by atoms with Crippen molar-refractivity contribution in [2.24, 2.45) is 34.6 Å². The molecule has 0 radical (unpaired) electrons. The number of primary amides is 2. The van der Waals surface area contributed by atoms with E-state index >= 15 is 0 Å². The first-order chi connectivity index (χ1) is 58.2. The van der Waals surface area contributed by atoms with Gasteiger partial charge in [0.2, 0.25) is 106 Å². The monoisotopic (exact) mass is 1720 g/mol. The molecule has 1 aliphatic heterocycles. The molecule has 5 rings (SSSR count). The van der Waals surface area contributed by atoms with Gasteiger partial charge in [-0.2, -0.15) is 11.8 Å². The first-order valence-electron chi connectivity index (χ1n) is 40.0. The van der Waals surface area contributed by atoms with Crippen LogP contribution in [0.4, 0.5) is 0 Å². The number of hydrogen-bond acceptors (Lipinski definition) is 23. The zero-order valence-electron chi connectivity index (χ0n) is 68.6. The molecule has 44 nitrogen and oxygen atoms in total. The molecule has 18 amide bonds. The van der Waals surface area contributed by atoms with Gasteiger partial charge in [-0.05, 0) is 126 Å². The second-order valence-electron chi connectivity index (χ2n) is 29.3. The Balaban J connectivity index is 1.19. The largest absolute Gasteiger partial charge is 0.370 e. The smallest absolute Gasteiger partial charge is 0.243 e. The summed E-state index contributed by atoms with van der Waals surface area (Å²) in [6, 6.07) is 1.46. The van der Waals surface area contributed by atoms with Crippen LogP contribution in [-0.4, -0.2) is 258 Å². The number of thioether (sulfide) groups is 1. The lowest BCUT2D eigenvalue weighted by Crippen LogP contribution is -2.59. The van der Waals surface area contributed by atoms with Crippen molar-refractivity contribution in [2.45, 2.75) is 190 Å². The van der Waals surface area contributed by atoms with Crippen LogP contribution in [0.1, 0.15) is 121 Å². The molecule has 1 saturated heterocycles. The molecule has 45 heteroatoms. The Kier molecular flexibility index (Phi) is 43.3. The Morgan fingerprint density at radius 2 is 0.984 bits per heavy atom. The van der Waals surface area contributed by atoms with E-state index in [4.69, 9.17) is 34.1 Å². The van der Waals surface area contributed by atoms with E-state index in [9.17, 15) is 86.3 Å². The van der Waals surface area contributed by atoms with E-state index in [0.717, 1.165) is 0 Å². The first-order valence-corrected chi connectivity index (χ1v) is 41.4. The highest BCUT2D eigenvalue weighted by Gasteiger charge is 2.37. The van der Waals surface area contributed by atoms with Gasteiger partial charge in [0.25, 0.3) is 0 Å². The Morgan fingerprint density at radius 1 is 0.492 bits per heavy atom. The summed E-state index contributed by atoms with van der Waals surface area (Å²) in [5, 5.41) is 50.8. The van der Waals surface area contributed by atoms with Crippen LogP contribution in [0.25, 0.3) is 10.9 Å². The van der Waals surface area contributed by atoms with Crippen LogP contribution in [0.15, 0.2) is 73.3 Å². The molecule has 0 bridgehead atoms. The molecule has 668 valence electrons. The van der Waals surface area contributed by atoms with Gasteiger partial charge < -0.3 is 129 Å². The summed E-state index contributed by atoms with van der Waals surface area (Å²) in [6.07, 6.45) is 7.49. The van der Waals surface area contributed by atoms with Gasteiger partial charge in [0.1, 0.15) is 66.5 Å². The number of guanidine groups is 1. The van der Waals surface area contributed by atoms with Gasteiger partial charge in [-0.3, -0.25) is 91.7 Å². The summed E-state index contributed by atoms with van der Waals surface area (Å²) in [7, 11) is 0. The number of amides is 18. The van der Waals surface area contributed by atoms with Crippen LogP contribution >= 0.6 is 11.8 Å². The highest BCUT2D eigenvalue weighted by atomic mass is 32.2. The molecular formula is C77H116N26O18S. The Labute approximate surface area is 708 Å². The number of H-pyrrole nitrogens is 2. The fourth-order valence-corrected chi connectivity index (χ4v) is 12.9. The zero-order valence-corrected chi connectivity index (χ0v) is 69.4. The molecule has 0 saturated carbocycles.